The van der Waals surface area contributed by atoms with E-state index in [9.17, 15) is 0 Å². The summed E-state index contributed by atoms with van der Waals surface area (Å²) in [6.07, 6.45) is 0.228. The fourth-order valence-electron chi connectivity index (χ4n) is 1.77. The van der Waals surface area contributed by atoms with Crippen molar-refractivity contribution in [2.45, 2.75) is 26.0 Å². The first-order chi connectivity index (χ1) is 6.75. The van der Waals surface area contributed by atoms with Crippen LogP contribution in [-0.2, 0) is 4.74 Å². The third-order valence-electron chi connectivity index (χ3n) is 2.61. The second kappa shape index (κ2) is 4.11. The summed E-state index contributed by atoms with van der Waals surface area (Å²) in [6, 6.07) is 9.02. The minimum absolute atomic E-state index is 0.228. The van der Waals surface area contributed by atoms with Crippen LogP contribution in [0.4, 0.5) is 0 Å². The Morgan fingerprint density at radius 1 is 1.43 bits per heavy atom. The maximum Gasteiger partial charge on any atom is 0.0950 e. The highest BCUT2D eigenvalue weighted by atomic mass is 16.5. The summed E-state index contributed by atoms with van der Waals surface area (Å²) in [5.74, 6) is 0. The maximum absolute atomic E-state index is 5.77. The van der Waals surface area contributed by atoms with Crippen LogP contribution in [0.25, 0.3) is 0 Å². The van der Waals surface area contributed by atoms with Gasteiger partial charge in [0, 0.05) is 12.6 Å². The number of ether oxygens (including phenoxy) is 1. The van der Waals surface area contributed by atoms with Gasteiger partial charge in [-0.1, -0.05) is 29.8 Å². The lowest BCUT2D eigenvalue weighted by atomic mass is 10.1. The lowest BCUT2D eigenvalue weighted by Gasteiger charge is -2.28. The molecule has 1 aliphatic heterocycles. The van der Waals surface area contributed by atoms with Crippen molar-refractivity contribution in [3.05, 3.63) is 35.4 Å². The minimum atomic E-state index is 0.228. The number of aryl methyl sites for hydroxylation is 1. The van der Waals surface area contributed by atoms with Crippen LogP contribution in [0, 0.1) is 6.92 Å². The van der Waals surface area contributed by atoms with E-state index in [1.807, 2.05) is 0 Å². The normalized spacial score (nSPS) is 27.6. The molecule has 2 heteroatoms. The second-order valence-electron chi connectivity index (χ2n) is 4.05. The molecule has 0 spiro atoms. The molecule has 0 amide bonds. The van der Waals surface area contributed by atoms with Crippen molar-refractivity contribution in [1.29, 1.82) is 0 Å². The highest BCUT2D eigenvalue weighted by Crippen LogP contribution is 2.20. The third-order valence-corrected chi connectivity index (χ3v) is 2.61. The van der Waals surface area contributed by atoms with Gasteiger partial charge in [-0.2, -0.15) is 0 Å². The standard InChI is InChI=1S/C12H17NO/c1-9-4-3-5-11(6-9)12-7-13-10(2)8-14-12/h3-6,10,12-13H,7-8H2,1-2H3/t10-,12?/m1/s1. The number of hydrogen-bond acceptors (Lipinski definition) is 2. The molecule has 14 heavy (non-hydrogen) atoms. The van der Waals surface area contributed by atoms with Crippen molar-refractivity contribution in [1.82, 2.24) is 5.32 Å². The van der Waals surface area contributed by atoms with Gasteiger partial charge < -0.3 is 10.1 Å². The van der Waals surface area contributed by atoms with Crippen molar-refractivity contribution in [3.8, 4) is 0 Å². The van der Waals surface area contributed by atoms with Crippen molar-refractivity contribution in [2.24, 2.45) is 0 Å². The van der Waals surface area contributed by atoms with Crippen LogP contribution in [0.3, 0.4) is 0 Å². The summed E-state index contributed by atoms with van der Waals surface area (Å²) in [4.78, 5) is 0. The molecule has 1 aromatic rings. The number of rotatable bonds is 1. The Bertz CT molecular complexity index is 303. The Hall–Kier alpha value is -0.860. The SMILES string of the molecule is Cc1cccc(C2CN[C@H](C)CO2)c1. The first-order valence-corrected chi connectivity index (χ1v) is 5.17. The fourth-order valence-corrected chi connectivity index (χ4v) is 1.77. The van der Waals surface area contributed by atoms with Gasteiger partial charge in [0.15, 0.2) is 0 Å². The van der Waals surface area contributed by atoms with Crippen LogP contribution in [0.2, 0.25) is 0 Å². The number of hydrogen-bond donors (Lipinski definition) is 1. The van der Waals surface area contributed by atoms with E-state index in [4.69, 9.17) is 4.74 Å². The monoisotopic (exact) mass is 191 g/mol. The van der Waals surface area contributed by atoms with Gasteiger partial charge in [0.2, 0.25) is 0 Å². The Balaban J connectivity index is 2.08. The van der Waals surface area contributed by atoms with Gasteiger partial charge >= 0.3 is 0 Å². The quantitative estimate of drug-likeness (QED) is 0.733. The third kappa shape index (κ3) is 2.14. The van der Waals surface area contributed by atoms with E-state index in [2.05, 4.69) is 43.4 Å². The molecule has 1 saturated heterocycles. The molecule has 1 unspecified atom stereocenters. The van der Waals surface area contributed by atoms with Crippen LogP contribution < -0.4 is 5.32 Å². The largest absolute Gasteiger partial charge is 0.371 e. The van der Waals surface area contributed by atoms with E-state index in [0.717, 1.165) is 13.2 Å². The van der Waals surface area contributed by atoms with Gasteiger partial charge in [0.1, 0.15) is 0 Å². The zero-order valence-electron chi connectivity index (χ0n) is 8.79. The number of nitrogens with one attached hydrogen (secondary N) is 1. The Kier molecular flexibility index (Phi) is 2.85. The van der Waals surface area contributed by atoms with Crippen LogP contribution in [0.5, 0.6) is 0 Å². The predicted molar refractivity (Wildman–Crippen MR) is 57.3 cm³/mol. The van der Waals surface area contributed by atoms with Gasteiger partial charge in [-0.25, -0.2) is 0 Å². The van der Waals surface area contributed by atoms with Gasteiger partial charge in [-0.3, -0.25) is 0 Å². The molecule has 0 saturated carbocycles. The van der Waals surface area contributed by atoms with Crippen molar-refractivity contribution in [2.75, 3.05) is 13.2 Å². The van der Waals surface area contributed by atoms with E-state index in [-0.39, 0.29) is 6.10 Å². The van der Waals surface area contributed by atoms with Crippen LogP contribution in [0.15, 0.2) is 24.3 Å². The summed E-state index contributed by atoms with van der Waals surface area (Å²) in [6.45, 7) is 5.98. The van der Waals surface area contributed by atoms with Gasteiger partial charge in [0.05, 0.1) is 12.7 Å². The molecule has 0 aromatic heterocycles. The van der Waals surface area contributed by atoms with E-state index in [0.29, 0.717) is 6.04 Å². The summed E-state index contributed by atoms with van der Waals surface area (Å²) in [5.41, 5.74) is 2.58. The molecule has 1 N–H and O–H groups in total. The zero-order chi connectivity index (χ0) is 9.97. The van der Waals surface area contributed by atoms with Gasteiger partial charge in [-0.05, 0) is 19.4 Å². The summed E-state index contributed by atoms with van der Waals surface area (Å²) >= 11 is 0. The van der Waals surface area contributed by atoms with E-state index in [1.165, 1.54) is 11.1 Å². The molecule has 1 aliphatic rings. The Morgan fingerprint density at radius 3 is 2.93 bits per heavy atom. The molecular formula is C12H17NO. The van der Waals surface area contributed by atoms with Gasteiger partial charge in [0.25, 0.3) is 0 Å². The molecule has 1 fully saturated rings. The van der Waals surface area contributed by atoms with Crippen molar-refractivity contribution < 1.29 is 4.74 Å². The molecule has 2 atom stereocenters. The Labute approximate surface area is 85.3 Å². The summed E-state index contributed by atoms with van der Waals surface area (Å²) in [5, 5.41) is 3.42. The van der Waals surface area contributed by atoms with Crippen LogP contribution in [-0.4, -0.2) is 19.2 Å². The molecule has 0 radical (unpaired) electrons. The van der Waals surface area contributed by atoms with E-state index in [1.54, 1.807) is 0 Å². The minimum Gasteiger partial charge on any atom is -0.371 e. The first kappa shape index (κ1) is 9.69. The predicted octanol–water partition coefficient (Wildman–Crippen LogP) is 2.04. The fraction of sp³-hybridized carbons (Fsp3) is 0.500. The summed E-state index contributed by atoms with van der Waals surface area (Å²) < 4.78 is 5.77. The van der Waals surface area contributed by atoms with Crippen molar-refractivity contribution in [3.63, 3.8) is 0 Å². The van der Waals surface area contributed by atoms with E-state index >= 15 is 0 Å². The average Bonchev–Trinajstić information content (AvgIpc) is 2.19. The molecule has 0 bridgehead atoms. The molecule has 76 valence electrons. The Morgan fingerprint density at radius 2 is 2.29 bits per heavy atom. The molecule has 2 nitrogen and oxygen atoms in total. The van der Waals surface area contributed by atoms with Crippen LogP contribution >= 0.6 is 0 Å². The van der Waals surface area contributed by atoms with Gasteiger partial charge in [-0.15, -0.1) is 0 Å². The lowest BCUT2D eigenvalue weighted by Crippen LogP contribution is -2.40. The second-order valence-corrected chi connectivity index (χ2v) is 4.05. The number of benzene rings is 1. The molecular weight excluding hydrogens is 174 g/mol. The maximum atomic E-state index is 5.77. The first-order valence-electron chi connectivity index (χ1n) is 5.17. The zero-order valence-corrected chi connectivity index (χ0v) is 8.79. The smallest absolute Gasteiger partial charge is 0.0950 e. The summed E-state index contributed by atoms with van der Waals surface area (Å²) in [7, 11) is 0. The molecule has 0 aliphatic carbocycles. The lowest BCUT2D eigenvalue weighted by molar-refractivity contribution is 0.00693. The van der Waals surface area contributed by atoms with Crippen molar-refractivity contribution >= 4 is 0 Å². The molecule has 1 aromatic carbocycles. The molecule has 1 heterocycles. The molecule has 2 rings (SSSR count). The number of morpholine rings is 1. The van der Waals surface area contributed by atoms with E-state index < -0.39 is 0 Å². The van der Waals surface area contributed by atoms with Crippen LogP contribution in [0.1, 0.15) is 24.2 Å². The highest BCUT2D eigenvalue weighted by molar-refractivity contribution is 5.24. The topological polar surface area (TPSA) is 21.3 Å². The average molecular weight is 191 g/mol. The highest BCUT2D eigenvalue weighted by Gasteiger charge is 2.19.